The van der Waals surface area contributed by atoms with Gasteiger partial charge in [-0.3, -0.25) is 10.8 Å². The topological polar surface area (TPSA) is 50.9 Å². The minimum atomic E-state index is -0.396. The zero-order valence-electron chi connectivity index (χ0n) is 9.82. The molecule has 5 heteroatoms. The van der Waals surface area contributed by atoms with Crippen molar-refractivity contribution in [3.8, 4) is 0 Å². The van der Waals surface area contributed by atoms with Gasteiger partial charge in [0.1, 0.15) is 5.82 Å². The fourth-order valence-electron chi connectivity index (χ4n) is 1.87. The second-order valence-corrected chi connectivity index (χ2v) is 4.47. The Morgan fingerprint density at radius 2 is 2.11 bits per heavy atom. The van der Waals surface area contributed by atoms with Crippen LogP contribution < -0.4 is 11.3 Å². The van der Waals surface area contributed by atoms with Gasteiger partial charge in [0.05, 0.1) is 12.2 Å². The van der Waals surface area contributed by atoms with Crippen molar-refractivity contribution in [2.45, 2.75) is 13.0 Å². The monoisotopic (exact) mass is 265 g/mol. The Labute approximate surface area is 110 Å². The van der Waals surface area contributed by atoms with Crippen LogP contribution in [0.3, 0.4) is 0 Å². The lowest BCUT2D eigenvalue weighted by molar-refractivity contribution is 0.596. The van der Waals surface area contributed by atoms with Crippen LogP contribution in [0, 0.1) is 12.7 Å². The van der Waals surface area contributed by atoms with E-state index in [9.17, 15) is 4.39 Å². The van der Waals surface area contributed by atoms with Gasteiger partial charge in [0.15, 0.2) is 0 Å². The summed E-state index contributed by atoms with van der Waals surface area (Å²) in [6.07, 6.45) is 2.73. The van der Waals surface area contributed by atoms with Crippen LogP contribution in [0.25, 0.3) is 0 Å². The van der Waals surface area contributed by atoms with Crippen LogP contribution in [0.15, 0.2) is 36.7 Å². The Bertz CT molecular complexity index is 560. The van der Waals surface area contributed by atoms with Crippen LogP contribution in [0.5, 0.6) is 0 Å². The van der Waals surface area contributed by atoms with E-state index in [-0.39, 0.29) is 6.04 Å². The van der Waals surface area contributed by atoms with Crippen molar-refractivity contribution in [1.29, 1.82) is 0 Å². The molecule has 0 spiro atoms. The molecule has 0 aliphatic rings. The van der Waals surface area contributed by atoms with Crippen LogP contribution in [-0.4, -0.2) is 4.98 Å². The molecule has 1 atom stereocenters. The van der Waals surface area contributed by atoms with E-state index < -0.39 is 5.82 Å². The Hall–Kier alpha value is -1.49. The van der Waals surface area contributed by atoms with E-state index in [1.807, 2.05) is 19.1 Å². The fraction of sp³-hybridized carbons (Fsp3) is 0.154. The second-order valence-electron chi connectivity index (χ2n) is 4.04. The van der Waals surface area contributed by atoms with Gasteiger partial charge in [0.25, 0.3) is 0 Å². The number of aryl methyl sites for hydroxylation is 1. The molecule has 1 aromatic heterocycles. The first kappa shape index (κ1) is 13.0. The molecule has 0 radical (unpaired) electrons. The third-order valence-corrected chi connectivity index (χ3v) is 3.01. The van der Waals surface area contributed by atoms with Gasteiger partial charge in [-0.1, -0.05) is 17.7 Å². The summed E-state index contributed by atoms with van der Waals surface area (Å²) in [5, 5.41) is 0.611. The molecule has 18 heavy (non-hydrogen) atoms. The number of hydrazine groups is 1. The molecule has 1 heterocycles. The quantitative estimate of drug-likeness (QED) is 0.663. The maximum Gasteiger partial charge on any atom is 0.141 e. The van der Waals surface area contributed by atoms with E-state index in [4.69, 9.17) is 17.4 Å². The Balaban J connectivity index is 2.48. The molecule has 3 nitrogen and oxygen atoms in total. The molecule has 3 N–H and O–H groups in total. The summed E-state index contributed by atoms with van der Waals surface area (Å²) >= 11 is 5.98. The van der Waals surface area contributed by atoms with Crippen molar-refractivity contribution in [3.63, 3.8) is 0 Å². The molecule has 0 saturated carbocycles. The normalized spacial score (nSPS) is 12.4. The summed E-state index contributed by atoms with van der Waals surface area (Å²) in [7, 11) is 0. The Morgan fingerprint density at radius 3 is 2.78 bits per heavy atom. The smallest absolute Gasteiger partial charge is 0.141 e. The first-order chi connectivity index (χ1) is 8.61. The third kappa shape index (κ3) is 2.67. The molecule has 2 aromatic rings. The summed E-state index contributed by atoms with van der Waals surface area (Å²) in [5.74, 6) is 5.17. The highest BCUT2D eigenvalue weighted by Crippen LogP contribution is 2.26. The van der Waals surface area contributed by atoms with Gasteiger partial charge >= 0.3 is 0 Å². The zero-order valence-corrected chi connectivity index (χ0v) is 10.6. The minimum Gasteiger partial charge on any atom is -0.271 e. The second kappa shape index (κ2) is 5.44. The van der Waals surface area contributed by atoms with Crippen LogP contribution >= 0.6 is 11.6 Å². The van der Waals surface area contributed by atoms with Crippen molar-refractivity contribution in [2.75, 3.05) is 0 Å². The maximum absolute atomic E-state index is 13.2. The van der Waals surface area contributed by atoms with Crippen LogP contribution in [-0.2, 0) is 0 Å². The zero-order chi connectivity index (χ0) is 13.1. The van der Waals surface area contributed by atoms with Gasteiger partial charge in [-0.25, -0.2) is 9.82 Å². The predicted octanol–water partition coefficient (Wildman–Crippen LogP) is 2.74. The molecule has 1 unspecified atom stereocenters. The molecule has 2 rings (SSSR count). The lowest BCUT2D eigenvalue weighted by atomic mass is 9.96. The highest BCUT2D eigenvalue weighted by Gasteiger charge is 2.16. The number of rotatable bonds is 3. The number of nitrogens with zero attached hydrogens (tertiary/aromatic N) is 1. The molecule has 0 fully saturated rings. The van der Waals surface area contributed by atoms with E-state index in [1.54, 1.807) is 12.3 Å². The molecule has 94 valence electrons. The number of hydrogen-bond acceptors (Lipinski definition) is 3. The van der Waals surface area contributed by atoms with E-state index in [0.29, 0.717) is 10.6 Å². The van der Waals surface area contributed by atoms with Gasteiger partial charge in [-0.15, -0.1) is 0 Å². The highest BCUT2D eigenvalue weighted by molar-refractivity contribution is 6.30. The first-order valence-corrected chi connectivity index (χ1v) is 5.82. The molecule has 0 aliphatic heterocycles. The molecule has 0 saturated heterocycles. The number of nitrogens with one attached hydrogen (secondary N) is 1. The summed E-state index contributed by atoms with van der Waals surface area (Å²) in [6.45, 7) is 1.95. The Morgan fingerprint density at radius 1 is 1.33 bits per heavy atom. The number of halogens is 2. The van der Waals surface area contributed by atoms with Gasteiger partial charge in [-0.2, -0.15) is 0 Å². The fourth-order valence-corrected chi connectivity index (χ4v) is 2.05. The summed E-state index contributed by atoms with van der Waals surface area (Å²) in [5.41, 5.74) is 5.24. The molecule has 0 bridgehead atoms. The molecule has 0 amide bonds. The Kier molecular flexibility index (Phi) is 3.91. The number of pyridine rings is 1. The number of nitrogens with two attached hydrogens (primary N) is 1. The van der Waals surface area contributed by atoms with Crippen molar-refractivity contribution >= 4 is 11.6 Å². The average molecular weight is 266 g/mol. The van der Waals surface area contributed by atoms with Crippen molar-refractivity contribution in [2.24, 2.45) is 5.84 Å². The van der Waals surface area contributed by atoms with E-state index in [2.05, 4.69) is 10.4 Å². The molecule has 1 aromatic carbocycles. The lowest BCUT2D eigenvalue weighted by Crippen LogP contribution is -2.29. The number of aromatic nitrogens is 1. The third-order valence-electron chi connectivity index (χ3n) is 2.78. The predicted molar refractivity (Wildman–Crippen MR) is 69.6 cm³/mol. The average Bonchev–Trinajstić information content (AvgIpc) is 2.35. The van der Waals surface area contributed by atoms with Crippen molar-refractivity contribution in [3.05, 3.63) is 64.2 Å². The molecular formula is C13H13ClFN3. The largest absolute Gasteiger partial charge is 0.271 e. The van der Waals surface area contributed by atoms with Gasteiger partial charge in [0, 0.05) is 11.2 Å². The van der Waals surface area contributed by atoms with Crippen LogP contribution in [0.4, 0.5) is 4.39 Å². The minimum absolute atomic E-state index is 0.341. The van der Waals surface area contributed by atoms with Crippen molar-refractivity contribution < 1.29 is 4.39 Å². The van der Waals surface area contributed by atoms with E-state index in [0.717, 1.165) is 17.3 Å². The van der Waals surface area contributed by atoms with Crippen LogP contribution in [0.2, 0.25) is 5.02 Å². The van der Waals surface area contributed by atoms with E-state index in [1.165, 1.54) is 6.07 Å². The summed E-state index contributed by atoms with van der Waals surface area (Å²) in [4.78, 5) is 3.83. The lowest BCUT2D eigenvalue weighted by Gasteiger charge is -2.19. The molecular weight excluding hydrogens is 253 g/mol. The summed E-state index contributed by atoms with van der Waals surface area (Å²) in [6, 6.07) is 6.57. The van der Waals surface area contributed by atoms with Crippen molar-refractivity contribution in [1.82, 2.24) is 10.4 Å². The van der Waals surface area contributed by atoms with Gasteiger partial charge < -0.3 is 0 Å². The van der Waals surface area contributed by atoms with Gasteiger partial charge in [0.2, 0.25) is 0 Å². The van der Waals surface area contributed by atoms with Gasteiger partial charge in [-0.05, 0) is 41.8 Å². The maximum atomic E-state index is 13.2. The number of hydrogen-bond donors (Lipinski definition) is 2. The van der Waals surface area contributed by atoms with E-state index >= 15 is 0 Å². The standard InChI is InChI=1S/C13H13ClFN3/c1-8-2-3-10(14)5-12(8)13(18-16)9-4-11(15)7-17-6-9/h2-7,13,18H,16H2,1H3. The number of benzene rings is 1. The highest BCUT2D eigenvalue weighted by atomic mass is 35.5. The first-order valence-electron chi connectivity index (χ1n) is 5.44. The molecule has 0 aliphatic carbocycles. The SMILES string of the molecule is Cc1ccc(Cl)cc1C(NN)c1cncc(F)c1. The summed E-state index contributed by atoms with van der Waals surface area (Å²) < 4.78 is 13.2. The van der Waals surface area contributed by atoms with Crippen LogP contribution in [0.1, 0.15) is 22.7 Å².